The van der Waals surface area contributed by atoms with Crippen molar-refractivity contribution in [1.82, 2.24) is 10.2 Å². The fraction of sp³-hybridized carbons (Fsp3) is 0.464. The number of fused-ring (bicyclic) bond motifs is 1. The van der Waals surface area contributed by atoms with Gasteiger partial charge in [0.25, 0.3) is 0 Å². The first-order valence-electron chi connectivity index (χ1n) is 12.4. The largest absolute Gasteiger partial charge is 0.457 e. The van der Waals surface area contributed by atoms with Gasteiger partial charge >= 0.3 is 5.97 Å². The van der Waals surface area contributed by atoms with Crippen LogP contribution in [0.2, 0.25) is 0 Å². The molecule has 1 fully saturated rings. The van der Waals surface area contributed by atoms with Crippen LogP contribution < -0.4 is 11.5 Å². The Kier molecular flexibility index (Phi) is 6.86. The molecule has 2 heterocycles. The van der Waals surface area contributed by atoms with Gasteiger partial charge in [0.1, 0.15) is 5.60 Å². The van der Waals surface area contributed by atoms with E-state index in [9.17, 15) is 9.59 Å². The smallest absolute Gasteiger partial charge is 0.327 e. The molecular formula is C28H36N4O3S. The van der Waals surface area contributed by atoms with Gasteiger partial charge in [0.2, 0.25) is 0 Å². The number of nitrogens with one attached hydrogen (secondary N) is 1. The molecule has 1 aliphatic rings. The Hall–Kier alpha value is -3.00. The Morgan fingerprint density at radius 2 is 1.94 bits per heavy atom. The number of benzene rings is 2. The molecule has 0 aliphatic carbocycles. The number of esters is 1. The summed E-state index contributed by atoms with van der Waals surface area (Å²) < 4.78 is 6.16. The summed E-state index contributed by atoms with van der Waals surface area (Å²) in [4.78, 5) is 27.7. The number of ether oxygens (including phenoxy) is 1. The van der Waals surface area contributed by atoms with Crippen LogP contribution >= 0.6 is 11.8 Å². The first kappa shape index (κ1) is 26.1. The summed E-state index contributed by atoms with van der Waals surface area (Å²) in [5, 5.41) is 7.04. The van der Waals surface area contributed by atoms with Crippen molar-refractivity contribution in [1.29, 1.82) is 0 Å². The average Bonchev–Trinajstić information content (AvgIpc) is 3.17. The van der Waals surface area contributed by atoms with Crippen LogP contribution in [0.4, 0.5) is 11.5 Å². The molecule has 0 radical (unpaired) electrons. The number of rotatable bonds is 6. The van der Waals surface area contributed by atoms with E-state index >= 15 is 0 Å². The summed E-state index contributed by atoms with van der Waals surface area (Å²) in [5.41, 5.74) is 15.7. The highest BCUT2D eigenvalue weighted by atomic mass is 32.2. The van der Waals surface area contributed by atoms with E-state index in [-0.39, 0.29) is 23.5 Å². The third-order valence-electron chi connectivity index (χ3n) is 7.28. The first-order chi connectivity index (χ1) is 16.8. The molecule has 0 saturated carbocycles. The number of cyclic esters (lactones) is 1. The predicted molar refractivity (Wildman–Crippen MR) is 146 cm³/mol. The van der Waals surface area contributed by atoms with Gasteiger partial charge in [-0.3, -0.25) is 14.7 Å². The molecule has 4 rings (SSSR count). The van der Waals surface area contributed by atoms with E-state index in [1.165, 1.54) is 11.8 Å². The molecule has 8 heteroatoms. The van der Waals surface area contributed by atoms with Crippen molar-refractivity contribution in [3.05, 3.63) is 47.0 Å². The van der Waals surface area contributed by atoms with Crippen LogP contribution in [0.1, 0.15) is 64.2 Å². The van der Waals surface area contributed by atoms with Gasteiger partial charge in [0, 0.05) is 22.4 Å². The molecule has 3 aromatic rings. The molecule has 0 bridgehead atoms. The highest BCUT2D eigenvalue weighted by Gasteiger charge is 2.49. The minimum atomic E-state index is -0.894. The normalized spacial score (nSPS) is 20.8. The van der Waals surface area contributed by atoms with Gasteiger partial charge in [-0.2, -0.15) is 5.10 Å². The lowest BCUT2D eigenvalue weighted by molar-refractivity contribution is -0.176. The number of aromatic nitrogens is 2. The molecule has 1 aliphatic heterocycles. The second kappa shape index (κ2) is 9.47. The van der Waals surface area contributed by atoms with Crippen molar-refractivity contribution in [2.45, 2.75) is 82.0 Å². The Bertz CT molecular complexity index is 1300. The number of anilines is 2. The molecule has 0 amide bonds. The van der Waals surface area contributed by atoms with E-state index in [1.807, 2.05) is 51.1 Å². The Labute approximate surface area is 216 Å². The van der Waals surface area contributed by atoms with E-state index < -0.39 is 16.8 Å². The van der Waals surface area contributed by atoms with Crippen molar-refractivity contribution in [3.63, 3.8) is 0 Å². The summed E-state index contributed by atoms with van der Waals surface area (Å²) in [6, 6.07) is 9.81. The molecule has 192 valence electrons. The van der Waals surface area contributed by atoms with Crippen LogP contribution in [-0.2, 0) is 26.2 Å². The lowest BCUT2D eigenvalue weighted by atomic mass is 9.78. The molecule has 2 aromatic carbocycles. The molecule has 1 aromatic heterocycles. The van der Waals surface area contributed by atoms with E-state index in [4.69, 9.17) is 16.2 Å². The maximum absolute atomic E-state index is 13.5. The quantitative estimate of drug-likeness (QED) is 0.233. The summed E-state index contributed by atoms with van der Waals surface area (Å²) in [6.07, 6.45) is 1.32. The number of ketones is 1. The van der Waals surface area contributed by atoms with E-state index in [0.29, 0.717) is 24.3 Å². The maximum atomic E-state index is 13.5. The van der Waals surface area contributed by atoms with Crippen LogP contribution in [0.5, 0.6) is 0 Å². The zero-order valence-electron chi connectivity index (χ0n) is 21.9. The van der Waals surface area contributed by atoms with Gasteiger partial charge in [0.05, 0.1) is 5.52 Å². The standard InChI is InChI=1S/C28H36N4O3S/c1-15(2)28(11-10-17-8-7-9-20-23(17)25(30)32-31-20)14-21(33)24(26(34)35-28)36-22-12-16(3)19(29)13-18(22)27(4,5)6/h7-9,12-13,15,24H,10-11,14,29H2,1-6H3,(H3,30,31,32). The number of thioether (sulfide) groups is 1. The second-order valence-corrected chi connectivity index (χ2v) is 12.3. The number of carbonyl (C=O) groups excluding carboxylic acids is 2. The van der Waals surface area contributed by atoms with Gasteiger partial charge < -0.3 is 16.2 Å². The van der Waals surface area contributed by atoms with Crippen LogP contribution in [0.3, 0.4) is 0 Å². The summed E-state index contributed by atoms with van der Waals surface area (Å²) in [5.74, 6) is -0.150. The number of carbonyl (C=O) groups is 2. The Balaban J connectivity index is 1.58. The van der Waals surface area contributed by atoms with E-state index in [0.717, 1.165) is 32.5 Å². The van der Waals surface area contributed by atoms with Crippen LogP contribution in [0, 0.1) is 12.8 Å². The zero-order valence-corrected chi connectivity index (χ0v) is 22.7. The predicted octanol–water partition coefficient (Wildman–Crippen LogP) is 5.34. The highest BCUT2D eigenvalue weighted by molar-refractivity contribution is 8.01. The van der Waals surface area contributed by atoms with E-state index in [2.05, 4.69) is 31.0 Å². The monoisotopic (exact) mass is 508 g/mol. The van der Waals surface area contributed by atoms with Gasteiger partial charge in [-0.25, -0.2) is 0 Å². The number of nitrogen functional groups attached to an aromatic ring is 2. The van der Waals surface area contributed by atoms with Gasteiger partial charge in [0.15, 0.2) is 16.9 Å². The summed E-state index contributed by atoms with van der Waals surface area (Å²) in [6.45, 7) is 12.2. The number of aryl methyl sites for hydroxylation is 2. The molecule has 7 nitrogen and oxygen atoms in total. The maximum Gasteiger partial charge on any atom is 0.327 e. The number of aromatic amines is 1. The molecule has 2 unspecified atom stereocenters. The zero-order chi connectivity index (χ0) is 26.4. The minimum Gasteiger partial charge on any atom is -0.457 e. The molecule has 2 atom stereocenters. The van der Waals surface area contributed by atoms with Crippen molar-refractivity contribution in [3.8, 4) is 0 Å². The van der Waals surface area contributed by atoms with Crippen molar-refractivity contribution < 1.29 is 14.3 Å². The lowest BCUT2D eigenvalue weighted by Crippen LogP contribution is -2.52. The van der Waals surface area contributed by atoms with Crippen LogP contribution in [0.25, 0.3) is 10.9 Å². The van der Waals surface area contributed by atoms with Crippen molar-refractivity contribution >= 4 is 45.9 Å². The fourth-order valence-corrected chi connectivity index (χ4v) is 6.26. The third-order valence-corrected chi connectivity index (χ3v) is 8.56. The first-order valence-corrected chi connectivity index (χ1v) is 13.2. The molecule has 5 N–H and O–H groups in total. The number of hydrogen-bond acceptors (Lipinski definition) is 7. The molecular weight excluding hydrogens is 472 g/mol. The number of nitrogens with zero attached hydrogens (tertiary/aromatic N) is 1. The van der Waals surface area contributed by atoms with Crippen molar-refractivity contribution in [2.24, 2.45) is 5.92 Å². The van der Waals surface area contributed by atoms with E-state index in [1.54, 1.807) is 0 Å². The highest BCUT2D eigenvalue weighted by Crippen LogP contribution is 2.43. The van der Waals surface area contributed by atoms with Crippen molar-refractivity contribution in [2.75, 3.05) is 11.5 Å². The fourth-order valence-electron chi connectivity index (χ4n) is 4.91. The summed E-state index contributed by atoms with van der Waals surface area (Å²) >= 11 is 1.28. The number of nitrogens with two attached hydrogens (primary N) is 2. The van der Waals surface area contributed by atoms with Gasteiger partial charge in [-0.1, -0.05) is 46.8 Å². The Morgan fingerprint density at radius 3 is 2.58 bits per heavy atom. The summed E-state index contributed by atoms with van der Waals surface area (Å²) in [7, 11) is 0. The lowest BCUT2D eigenvalue weighted by Gasteiger charge is -2.42. The van der Waals surface area contributed by atoms with Gasteiger partial charge in [-0.15, -0.1) is 11.8 Å². The van der Waals surface area contributed by atoms with Gasteiger partial charge in [-0.05, 0) is 66.0 Å². The molecule has 0 spiro atoms. The van der Waals surface area contributed by atoms with Crippen LogP contribution in [-0.4, -0.2) is 32.8 Å². The Morgan fingerprint density at radius 1 is 1.22 bits per heavy atom. The topological polar surface area (TPSA) is 124 Å². The third kappa shape index (κ3) is 4.83. The molecule has 1 saturated heterocycles. The molecule has 36 heavy (non-hydrogen) atoms. The minimum absolute atomic E-state index is 0.0267. The number of H-pyrrole nitrogens is 1. The second-order valence-electron chi connectivity index (χ2n) is 11.2. The number of hydrogen-bond donors (Lipinski definition) is 3. The number of Topliss-reactive ketones (excluding diaryl/α,β-unsaturated/α-hetero) is 1. The average molecular weight is 509 g/mol. The SMILES string of the molecule is Cc1cc(SC2C(=O)CC(CCc3cccc4[nH]nc(N)c34)(C(C)C)OC2=O)c(C(C)(C)C)cc1N. The van der Waals surface area contributed by atoms with Crippen LogP contribution in [0.15, 0.2) is 35.2 Å².